The zero-order valence-corrected chi connectivity index (χ0v) is 14.6. The molecule has 122 valence electrons. The van der Waals surface area contributed by atoms with Gasteiger partial charge in [-0.1, -0.05) is 30.3 Å². The van der Waals surface area contributed by atoms with Crippen LogP contribution in [-0.2, 0) is 6.61 Å². The number of benzene rings is 2. The van der Waals surface area contributed by atoms with Crippen LogP contribution in [-0.4, -0.2) is 15.1 Å². The SMILES string of the molecule is Nc1n[nH]c(-c2cc([N+](=O)[O-])ccc2OCc2ccccc2)c1I. The molecule has 2 aromatic carbocycles. The van der Waals surface area contributed by atoms with Crippen LogP contribution >= 0.6 is 22.6 Å². The van der Waals surface area contributed by atoms with Crippen LogP contribution in [0.3, 0.4) is 0 Å². The van der Waals surface area contributed by atoms with Crippen molar-refractivity contribution >= 4 is 34.1 Å². The molecular weight excluding hydrogens is 423 g/mol. The van der Waals surface area contributed by atoms with Gasteiger partial charge in [0.25, 0.3) is 5.69 Å². The molecule has 24 heavy (non-hydrogen) atoms. The molecule has 0 saturated heterocycles. The van der Waals surface area contributed by atoms with Crippen molar-refractivity contribution in [2.75, 3.05) is 5.73 Å². The molecule has 0 unspecified atom stereocenters. The number of aromatic nitrogens is 2. The van der Waals surface area contributed by atoms with Gasteiger partial charge >= 0.3 is 0 Å². The first-order valence-electron chi connectivity index (χ1n) is 7.01. The molecular formula is C16H13IN4O3. The summed E-state index contributed by atoms with van der Waals surface area (Å²) in [4.78, 5) is 10.6. The number of nitrogen functional groups attached to an aromatic ring is 1. The summed E-state index contributed by atoms with van der Waals surface area (Å²) in [6.07, 6.45) is 0. The molecule has 0 spiro atoms. The molecule has 3 rings (SSSR count). The molecule has 3 aromatic rings. The Morgan fingerprint density at radius 3 is 2.62 bits per heavy atom. The van der Waals surface area contributed by atoms with Crippen LogP contribution in [0.25, 0.3) is 11.3 Å². The Hall–Kier alpha value is -2.62. The van der Waals surface area contributed by atoms with Crippen LogP contribution in [0.2, 0.25) is 0 Å². The Kier molecular flexibility index (Phi) is 4.65. The summed E-state index contributed by atoms with van der Waals surface area (Å²) >= 11 is 2.05. The number of halogens is 1. The van der Waals surface area contributed by atoms with Crippen LogP contribution in [0.1, 0.15) is 5.56 Å². The number of hydrogen-bond acceptors (Lipinski definition) is 5. The van der Waals surface area contributed by atoms with E-state index >= 15 is 0 Å². The second kappa shape index (κ2) is 6.87. The highest BCUT2D eigenvalue weighted by Gasteiger charge is 2.18. The van der Waals surface area contributed by atoms with E-state index in [9.17, 15) is 10.1 Å². The van der Waals surface area contributed by atoms with E-state index in [1.54, 1.807) is 6.07 Å². The highest BCUT2D eigenvalue weighted by Crippen LogP contribution is 2.36. The van der Waals surface area contributed by atoms with Crippen molar-refractivity contribution in [1.82, 2.24) is 10.2 Å². The number of rotatable bonds is 5. The number of nitrogens with one attached hydrogen (secondary N) is 1. The van der Waals surface area contributed by atoms with E-state index in [2.05, 4.69) is 10.2 Å². The van der Waals surface area contributed by atoms with E-state index in [-0.39, 0.29) is 5.69 Å². The lowest BCUT2D eigenvalue weighted by Gasteiger charge is -2.11. The molecule has 0 atom stereocenters. The Bertz CT molecular complexity index is 880. The third-order valence-electron chi connectivity index (χ3n) is 3.41. The summed E-state index contributed by atoms with van der Waals surface area (Å²) in [6, 6.07) is 14.1. The fourth-order valence-electron chi connectivity index (χ4n) is 2.21. The monoisotopic (exact) mass is 436 g/mol. The molecule has 0 radical (unpaired) electrons. The average molecular weight is 436 g/mol. The maximum absolute atomic E-state index is 11.1. The maximum Gasteiger partial charge on any atom is 0.270 e. The Labute approximate surface area is 151 Å². The first-order chi connectivity index (χ1) is 11.6. The summed E-state index contributed by atoms with van der Waals surface area (Å²) in [5, 5.41) is 17.8. The van der Waals surface area contributed by atoms with Gasteiger partial charge in [0.15, 0.2) is 5.82 Å². The minimum Gasteiger partial charge on any atom is -0.488 e. The number of nitro benzene ring substituents is 1. The van der Waals surface area contributed by atoms with Crippen molar-refractivity contribution < 1.29 is 9.66 Å². The average Bonchev–Trinajstić information content (AvgIpc) is 2.93. The highest BCUT2D eigenvalue weighted by atomic mass is 127. The van der Waals surface area contributed by atoms with Crippen LogP contribution in [0, 0.1) is 13.7 Å². The zero-order valence-electron chi connectivity index (χ0n) is 12.4. The predicted octanol–water partition coefficient (Wildman–Crippen LogP) is 3.75. The fraction of sp³-hybridized carbons (Fsp3) is 0.0625. The number of anilines is 1. The van der Waals surface area contributed by atoms with Crippen LogP contribution < -0.4 is 10.5 Å². The van der Waals surface area contributed by atoms with Gasteiger partial charge in [0, 0.05) is 17.7 Å². The quantitative estimate of drug-likeness (QED) is 0.360. The largest absolute Gasteiger partial charge is 0.488 e. The van der Waals surface area contributed by atoms with Gasteiger partial charge in [-0.2, -0.15) is 5.10 Å². The summed E-state index contributed by atoms with van der Waals surface area (Å²) in [6.45, 7) is 0.353. The van der Waals surface area contributed by atoms with Gasteiger partial charge in [-0.05, 0) is 34.2 Å². The van der Waals surface area contributed by atoms with E-state index < -0.39 is 4.92 Å². The molecule has 0 amide bonds. The van der Waals surface area contributed by atoms with E-state index in [0.717, 1.165) is 5.56 Å². The number of nitrogens with zero attached hydrogens (tertiary/aromatic N) is 2. The number of nitro groups is 1. The second-order valence-electron chi connectivity index (χ2n) is 5.01. The van der Waals surface area contributed by atoms with Crippen molar-refractivity contribution in [3.05, 3.63) is 67.8 Å². The fourth-order valence-corrected chi connectivity index (χ4v) is 2.74. The van der Waals surface area contributed by atoms with Gasteiger partial charge in [-0.25, -0.2) is 0 Å². The van der Waals surface area contributed by atoms with Crippen LogP contribution in [0.5, 0.6) is 5.75 Å². The second-order valence-corrected chi connectivity index (χ2v) is 6.09. The lowest BCUT2D eigenvalue weighted by molar-refractivity contribution is -0.384. The topological polar surface area (TPSA) is 107 Å². The maximum atomic E-state index is 11.1. The van der Waals surface area contributed by atoms with E-state index in [0.29, 0.717) is 33.0 Å². The minimum atomic E-state index is -0.447. The zero-order chi connectivity index (χ0) is 17.1. The normalized spacial score (nSPS) is 10.5. The molecule has 0 saturated carbocycles. The van der Waals surface area contributed by atoms with Crippen molar-refractivity contribution in [2.24, 2.45) is 0 Å². The van der Waals surface area contributed by atoms with Gasteiger partial charge in [-0.15, -0.1) is 0 Å². The molecule has 8 heteroatoms. The number of non-ortho nitro benzene ring substituents is 1. The van der Waals surface area contributed by atoms with Gasteiger partial charge in [0.1, 0.15) is 12.4 Å². The lowest BCUT2D eigenvalue weighted by Crippen LogP contribution is -1.99. The van der Waals surface area contributed by atoms with Crippen LogP contribution in [0.15, 0.2) is 48.5 Å². The number of nitrogens with two attached hydrogens (primary N) is 1. The van der Waals surface area contributed by atoms with Gasteiger partial charge in [0.2, 0.25) is 0 Å². The van der Waals surface area contributed by atoms with Crippen molar-refractivity contribution in [2.45, 2.75) is 6.61 Å². The van der Waals surface area contributed by atoms with Crippen LogP contribution in [0.4, 0.5) is 11.5 Å². The predicted molar refractivity (Wildman–Crippen MR) is 98.6 cm³/mol. The van der Waals surface area contributed by atoms with Crippen molar-refractivity contribution in [3.63, 3.8) is 0 Å². The third kappa shape index (κ3) is 3.32. The van der Waals surface area contributed by atoms with E-state index in [1.807, 2.05) is 52.9 Å². The standard InChI is InChI=1S/C16H13IN4O3/c17-14-15(19-20-16(14)18)12-8-11(21(22)23)6-7-13(12)24-9-10-4-2-1-3-5-10/h1-8H,9H2,(H3,18,19,20). The van der Waals surface area contributed by atoms with E-state index in [1.165, 1.54) is 12.1 Å². The molecule has 1 heterocycles. The number of ether oxygens (including phenoxy) is 1. The van der Waals surface area contributed by atoms with Gasteiger partial charge < -0.3 is 10.5 Å². The first-order valence-corrected chi connectivity index (χ1v) is 8.09. The molecule has 0 aliphatic heterocycles. The lowest BCUT2D eigenvalue weighted by atomic mass is 10.1. The number of hydrogen-bond donors (Lipinski definition) is 2. The molecule has 0 bridgehead atoms. The Morgan fingerprint density at radius 1 is 1.25 bits per heavy atom. The minimum absolute atomic E-state index is 0.0268. The van der Waals surface area contributed by atoms with E-state index in [4.69, 9.17) is 10.5 Å². The number of aromatic amines is 1. The van der Waals surface area contributed by atoms with Gasteiger partial charge in [-0.3, -0.25) is 15.2 Å². The highest BCUT2D eigenvalue weighted by molar-refractivity contribution is 14.1. The molecule has 0 aliphatic rings. The summed E-state index contributed by atoms with van der Waals surface area (Å²) < 4.78 is 6.55. The number of H-pyrrole nitrogens is 1. The summed E-state index contributed by atoms with van der Waals surface area (Å²) in [7, 11) is 0. The molecule has 0 aliphatic carbocycles. The summed E-state index contributed by atoms with van der Waals surface area (Å²) in [5.41, 5.74) is 7.89. The first kappa shape index (κ1) is 16.2. The molecule has 3 N–H and O–H groups in total. The van der Waals surface area contributed by atoms with Gasteiger partial charge in [0.05, 0.1) is 14.2 Å². The third-order valence-corrected chi connectivity index (χ3v) is 4.50. The van der Waals surface area contributed by atoms with Crippen molar-refractivity contribution in [3.8, 4) is 17.0 Å². The Morgan fingerprint density at radius 2 is 2.00 bits per heavy atom. The molecule has 1 aromatic heterocycles. The molecule has 0 fully saturated rings. The van der Waals surface area contributed by atoms with Crippen molar-refractivity contribution in [1.29, 1.82) is 0 Å². The molecule has 7 nitrogen and oxygen atoms in total. The Balaban J connectivity index is 1.99. The summed E-state index contributed by atoms with van der Waals surface area (Å²) in [5.74, 6) is 0.858. The smallest absolute Gasteiger partial charge is 0.270 e.